The number of halogens is 1. The van der Waals surface area contributed by atoms with Crippen LogP contribution in [-0.2, 0) is 19.6 Å². The van der Waals surface area contributed by atoms with E-state index >= 15 is 0 Å². The van der Waals surface area contributed by atoms with Gasteiger partial charge in [0.15, 0.2) is 0 Å². The highest BCUT2D eigenvalue weighted by atomic mass is 35.5. The number of hydrogen-bond acceptors (Lipinski definition) is 4. The van der Waals surface area contributed by atoms with Gasteiger partial charge in [0.2, 0.25) is 0 Å². The highest BCUT2D eigenvalue weighted by molar-refractivity contribution is 7.16. The van der Waals surface area contributed by atoms with Crippen LogP contribution in [0, 0.1) is 6.92 Å². The van der Waals surface area contributed by atoms with Gasteiger partial charge in [0.05, 0.1) is 10.9 Å². The summed E-state index contributed by atoms with van der Waals surface area (Å²) in [6.45, 7) is 4.68. The standard InChI is InChI=1S/C16H21ClN2OS/c1-11-12(8-18-13-3-4-13)7-14(20-11)9-19(2)10-15-5-6-16(17)21-15/h5-7,13,18H,3-4,8-10H2,1-2H3. The van der Waals surface area contributed by atoms with E-state index in [0.717, 1.165) is 41.5 Å². The topological polar surface area (TPSA) is 28.4 Å². The average Bonchev–Trinajstić information content (AvgIpc) is 3.07. The highest BCUT2D eigenvalue weighted by Crippen LogP contribution is 2.24. The first-order valence-corrected chi connectivity index (χ1v) is 8.54. The Morgan fingerprint density at radius 1 is 1.38 bits per heavy atom. The third-order valence-corrected chi connectivity index (χ3v) is 4.93. The number of thiophene rings is 1. The van der Waals surface area contributed by atoms with Crippen LogP contribution in [0.15, 0.2) is 22.6 Å². The molecule has 1 aliphatic rings. The lowest BCUT2D eigenvalue weighted by Gasteiger charge is -2.13. The second kappa shape index (κ2) is 6.53. The van der Waals surface area contributed by atoms with E-state index in [-0.39, 0.29) is 0 Å². The molecule has 0 aromatic carbocycles. The van der Waals surface area contributed by atoms with Crippen LogP contribution in [0.2, 0.25) is 4.34 Å². The molecule has 0 spiro atoms. The van der Waals surface area contributed by atoms with Crippen molar-refractivity contribution in [1.82, 2.24) is 10.2 Å². The van der Waals surface area contributed by atoms with E-state index in [0.29, 0.717) is 0 Å². The van der Waals surface area contributed by atoms with Crippen LogP contribution in [0.5, 0.6) is 0 Å². The van der Waals surface area contributed by atoms with Crippen molar-refractivity contribution in [2.45, 2.75) is 45.4 Å². The summed E-state index contributed by atoms with van der Waals surface area (Å²) in [5, 5.41) is 3.54. The molecule has 2 heterocycles. The predicted molar refractivity (Wildman–Crippen MR) is 87.8 cm³/mol. The van der Waals surface area contributed by atoms with Gasteiger partial charge in [0.25, 0.3) is 0 Å². The fraction of sp³-hybridized carbons (Fsp3) is 0.500. The molecular formula is C16H21ClN2OS. The summed E-state index contributed by atoms with van der Waals surface area (Å²) >= 11 is 7.60. The Morgan fingerprint density at radius 3 is 2.86 bits per heavy atom. The molecule has 0 saturated heterocycles. The van der Waals surface area contributed by atoms with Crippen LogP contribution >= 0.6 is 22.9 Å². The maximum atomic E-state index is 5.97. The van der Waals surface area contributed by atoms with Crippen molar-refractivity contribution in [1.29, 1.82) is 0 Å². The molecule has 21 heavy (non-hydrogen) atoms. The second-order valence-electron chi connectivity index (χ2n) is 5.83. The van der Waals surface area contributed by atoms with Gasteiger partial charge in [0, 0.05) is 29.6 Å². The molecule has 1 saturated carbocycles. The van der Waals surface area contributed by atoms with Gasteiger partial charge in [-0.05, 0) is 45.0 Å². The quantitative estimate of drug-likeness (QED) is 0.828. The molecule has 2 aromatic heterocycles. The van der Waals surface area contributed by atoms with Gasteiger partial charge in [0.1, 0.15) is 11.5 Å². The lowest BCUT2D eigenvalue weighted by molar-refractivity contribution is 0.287. The van der Waals surface area contributed by atoms with Gasteiger partial charge in [-0.3, -0.25) is 4.90 Å². The number of aryl methyl sites for hydroxylation is 1. The van der Waals surface area contributed by atoms with Crippen molar-refractivity contribution in [2.24, 2.45) is 0 Å². The van der Waals surface area contributed by atoms with E-state index in [9.17, 15) is 0 Å². The normalized spacial score (nSPS) is 15.0. The zero-order valence-corrected chi connectivity index (χ0v) is 14.1. The zero-order chi connectivity index (χ0) is 14.8. The summed E-state index contributed by atoms with van der Waals surface area (Å²) in [6.07, 6.45) is 2.63. The fourth-order valence-corrected chi connectivity index (χ4v) is 3.58. The Balaban J connectivity index is 1.54. The van der Waals surface area contributed by atoms with Crippen molar-refractivity contribution in [3.63, 3.8) is 0 Å². The van der Waals surface area contributed by atoms with Gasteiger partial charge in [-0.1, -0.05) is 11.6 Å². The van der Waals surface area contributed by atoms with Crippen molar-refractivity contribution in [2.75, 3.05) is 7.05 Å². The van der Waals surface area contributed by atoms with E-state index in [4.69, 9.17) is 16.0 Å². The van der Waals surface area contributed by atoms with Crippen LogP contribution < -0.4 is 5.32 Å². The molecule has 0 amide bonds. The monoisotopic (exact) mass is 324 g/mol. The lowest BCUT2D eigenvalue weighted by atomic mass is 10.2. The molecule has 0 aliphatic heterocycles. The highest BCUT2D eigenvalue weighted by Gasteiger charge is 2.21. The second-order valence-corrected chi connectivity index (χ2v) is 7.63. The van der Waals surface area contributed by atoms with E-state index < -0.39 is 0 Å². The lowest BCUT2D eigenvalue weighted by Crippen LogP contribution is -2.16. The molecule has 5 heteroatoms. The maximum absolute atomic E-state index is 5.97. The van der Waals surface area contributed by atoms with Crippen molar-refractivity contribution < 1.29 is 4.42 Å². The summed E-state index contributed by atoms with van der Waals surface area (Å²) in [5.41, 5.74) is 1.28. The van der Waals surface area contributed by atoms with Crippen molar-refractivity contribution in [3.05, 3.63) is 44.5 Å². The fourth-order valence-electron chi connectivity index (χ4n) is 2.41. The Hall–Kier alpha value is -0.810. The Kier molecular flexibility index (Phi) is 4.69. The first-order valence-electron chi connectivity index (χ1n) is 7.34. The minimum atomic E-state index is 0.731. The summed E-state index contributed by atoms with van der Waals surface area (Å²) in [4.78, 5) is 3.53. The van der Waals surface area contributed by atoms with E-state index in [2.05, 4.69) is 29.4 Å². The Labute approximate surface area is 134 Å². The largest absolute Gasteiger partial charge is 0.465 e. The molecule has 3 rings (SSSR count). The first-order chi connectivity index (χ1) is 10.1. The molecular weight excluding hydrogens is 304 g/mol. The minimum absolute atomic E-state index is 0.731. The third kappa shape index (κ3) is 4.33. The van der Waals surface area contributed by atoms with Gasteiger partial charge < -0.3 is 9.73 Å². The van der Waals surface area contributed by atoms with Gasteiger partial charge in [-0.25, -0.2) is 0 Å². The van der Waals surface area contributed by atoms with Crippen LogP contribution in [0.3, 0.4) is 0 Å². The molecule has 1 fully saturated rings. The average molecular weight is 325 g/mol. The summed E-state index contributed by atoms with van der Waals surface area (Å²) in [7, 11) is 2.10. The summed E-state index contributed by atoms with van der Waals surface area (Å²) < 4.78 is 6.72. The predicted octanol–water partition coefficient (Wildman–Crippen LogP) is 4.19. The molecule has 0 atom stereocenters. The number of furan rings is 1. The Bertz CT molecular complexity index is 603. The van der Waals surface area contributed by atoms with Gasteiger partial charge >= 0.3 is 0 Å². The molecule has 1 aliphatic carbocycles. The Morgan fingerprint density at radius 2 is 2.19 bits per heavy atom. The van der Waals surface area contributed by atoms with Crippen LogP contribution in [0.4, 0.5) is 0 Å². The SMILES string of the molecule is Cc1oc(CN(C)Cc2ccc(Cl)s2)cc1CNC1CC1. The summed E-state index contributed by atoms with van der Waals surface area (Å²) in [5.74, 6) is 2.07. The summed E-state index contributed by atoms with van der Waals surface area (Å²) in [6, 6.07) is 6.95. The van der Waals surface area contributed by atoms with Crippen LogP contribution in [0.25, 0.3) is 0 Å². The molecule has 114 valence electrons. The van der Waals surface area contributed by atoms with Crippen LogP contribution in [0.1, 0.15) is 34.8 Å². The van der Waals surface area contributed by atoms with E-state index in [1.54, 1.807) is 11.3 Å². The molecule has 1 N–H and O–H groups in total. The molecule has 0 bridgehead atoms. The number of nitrogens with zero attached hydrogens (tertiary/aromatic N) is 1. The smallest absolute Gasteiger partial charge is 0.118 e. The minimum Gasteiger partial charge on any atom is -0.465 e. The molecule has 0 radical (unpaired) electrons. The third-order valence-electron chi connectivity index (χ3n) is 3.71. The molecule has 0 unspecified atom stereocenters. The van der Waals surface area contributed by atoms with Crippen molar-refractivity contribution in [3.8, 4) is 0 Å². The van der Waals surface area contributed by atoms with Gasteiger partial charge in [-0.2, -0.15) is 0 Å². The molecule has 3 nitrogen and oxygen atoms in total. The van der Waals surface area contributed by atoms with Gasteiger partial charge in [-0.15, -0.1) is 11.3 Å². The maximum Gasteiger partial charge on any atom is 0.118 e. The van der Waals surface area contributed by atoms with E-state index in [1.165, 1.54) is 23.3 Å². The first kappa shape index (κ1) is 15.1. The number of hydrogen-bond donors (Lipinski definition) is 1. The molecule has 2 aromatic rings. The van der Waals surface area contributed by atoms with Crippen LogP contribution in [-0.4, -0.2) is 18.0 Å². The van der Waals surface area contributed by atoms with Crippen molar-refractivity contribution >= 4 is 22.9 Å². The number of nitrogens with one attached hydrogen (secondary N) is 1. The zero-order valence-electron chi connectivity index (χ0n) is 12.5. The number of rotatable bonds is 7. The van der Waals surface area contributed by atoms with E-state index in [1.807, 2.05) is 13.0 Å².